The smallest absolute Gasteiger partial charge is 0.0312 e. The van der Waals surface area contributed by atoms with E-state index in [4.69, 9.17) is 0 Å². The van der Waals surface area contributed by atoms with Crippen LogP contribution in [0.4, 0.5) is 0 Å². The molecule has 0 aliphatic carbocycles. The van der Waals surface area contributed by atoms with Crippen LogP contribution < -0.4 is 5.32 Å². The lowest BCUT2D eigenvalue weighted by Gasteiger charge is -2.07. The van der Waals surface area contributed by atoms with Crippen molar-refractivity contribution >= 4 is 0 Å². The fourth-order valence-corrected chi connectivity index (χ4v) is 1.65. The first-order valence-corrected chi connectivity index (χ1v) is 5.50. The van der Waals surface area contributed by atoms with Gasteiger partial charge in [-0.15, -0.1) is 0 Å². The third kappa shape index (κ3) is 2.91. The molecular weight excluding hydrogens is 196 g/mol. The fraction of sp³-hybridized carbons (Fsp3) is 0.214. The lowest BCUT2D eigenvalue weighted by molar-refractivity contribution is 0.689. The highest BCUT2D eigenvalue weighted by molar-refractivity contribution is 5.25. The SMILES string of the molecule is Cc1ccccc1CNCc1cccnc1. The molecule has 1 heterocycles. The molecular formula is C14H16N2. The zero-order chi connectivity index (χ0) is 11.2. The van der Waals surface area contributed by atoms with E-state index in [2.05, 4.69) is 47.6 Å². The van der Waals surface area contributed by atoms with Gasteiger partial charge in [-0.2, -0.15) is 0 Å². The van der Waals surface area contributed by atoms with Crippen LogP contribution in [0.2, 0.25) is 0 Å². The summed E-state index contributed by atoms with van der Waals surface area (Å²) in [6.45, 7) is 3.91. The molecule has 2 rings (SSSR count). The summed E-state index contributed by atoms with van der Waals surface area (Å²) in [7, 11) is 0. The number of aromatic nitrogens is 1. The average Bonchev–Trinajstić information content (AvgIpc) is 2.33. The van der Waals surface area contributed by atoms with Gasteiger partial charge < -0.3 is 5.32 Å². The second kappa shape index (κ2) is 5.42. The van der Waals surface area contributed by atoms with E-state index >= 15 is 0 Å². The molecule has 0 fully saturated rings. The Labute approximate surface area is 96.4 Å². The Morgan fingerprint density at radius 3 is 2.69 bits per heavy atom. The molecule has 0 unspecified atom stereocenters. The van der Waals surface area contributed by atoms with Gasteiger partial charge in [0.2, 0.25) is 0 Å². The van der Waals surface area contributed by atoms with Crippen molar-refractivity contribution in [2.24, 2.45) is 0 Å². The van der Waals surface area contributed by atoms with E-state index in [1.807, 2.05) is 12.3 Å². The van der Waals surface area contributed by atoms with Gasteiger partial charge in [0.1, 0.15) is 0 Å². The first-order chi connectivity index (χ1) is 7.86. The largest absolute Gasteiger partial charge is 0.309 e. The monoisotopic (exact) mass is 212 g/mol. The second-order valence-electron chi connectivity index (χ2n) is 3.89. The third-order valence-electron chi connectivity index (χ3n) is 2.63. The van der Waals surface area contributed by atoms with Gasteiger partial charge in [0, 0.05) is 25.5 Å². The van der Waals surface area contributed by atoms with E-state index in [1.54, 1.807) is 6.20 Å². The van der Waals surface area contributed by atoms with E-state index in [0.29, 0.717) is 0 Å². The molecule has 0 saturated carbocycles. The molecule has 1 aromatic heterocycles. The Morgan fingerprint density at radius 2 is 1.94 bits per heavy atom. The summed E-state index contributed by atoms with van der Waals surface area (Å²) in [5.41, 5.74) is 3.91. The van der Waals surface area contributed by atoms with Gasteiger partial charge in [-0.1, -0.05) is 30.3 Å². The topological polar surface area (TPSA) is 24.9 Å². The minimum absolute atomic E-state index is 0.863. The van der Waals surface area contributed by atoms with E-state index in [-0.39, 0.29) is 0 Å². The van der Waals surface area contributed by atoms with E-state index in [1.165, 1.54) is 16.7 Å². The van der Waals surface area contributed by atoms with Crippen molar-refractivity contribution in [2.75, 3.05) is 0 Å². The molecule has 0 radical (unpaired) electrons. The molecule has 0 saturated heterocycles. The lowest BCUT2D eigenvalue weighted by Crippen LogP contribution is -2.13. The van der Waals surface area contributed by atoms with Crippen LogP contribution >= 0.6 is 0 Å². The number of nitrogens with zero attached hydrogens (tertiary/aromatic N) is 1. The predicted octanol–water partition coefficient (Wildman–Crippen LogP) is 2.68. The third-order valence-corrected chi connectivity index (χ3v) is 2.63. The van der Waals surface area contributed by atoms with Gasteiger partial charge in [0.25, 0.3) is 0 Å². The van der Waals surface area contributed by atoms with Gasteiger partial charge in [0.05, 0.1) is 0 Å². The molecule has 0 aliphatic heterocycles. The molecule has 0 spiro atoms. The fourth-order valence-electron chi connectivity index (χ4n) is 1.65. The lowest BCUT2D eigenvalue weighted by atomic mass is 10.1. The summed E-state index contributed by atoms with van der Waals surface area (Å²) >= 11 is 0. The van der Waals surface area contributed by atoms with Crippen LogP contribution in [0.25, 0.3) is 0 Å². The second-order valence-corrected chi connectivity index (χ2v) is 3.89. The Morgan fingerprint density at radius 1 is 1.06 bits per heavy atom. The van der Waals surface area contributed by atoms with Gasteiger partial charge in [-0.3, -0.25) is 4.98 Å². The molecule has 16 heavy (non-hydrogen) atoms. The maximum absolute atomic E-state index is 4.09. The highest BCUT2D eigenvalue weighted by Crippen LogP contribution is 2.06. The standard InChI is InChI=1S/C14H16N2/c1-12-5-2-3-7-14(12)11-16-10-13-6-4-8-15-9-13/h2-9,16H,10-11H2,1H3. The van der Waals surface area contributed by atoms with Crippen molar-refractivity contribution in [1.82, 2.24) is 10.3 Å². The quantitative estimate of drug-likeness (QED) is 0.842. The predicted molar refractivity (Wildman–Crippen MR) is 66.0 cm³/mol. The summed E-state index contributed by atoms with van der Waals surface area (Å²) in [5.74, 6) is 0. The van der Waals surface area contributed by atoms with E-state index in [0.717, 1.165) is 13.1 Å². The van der Waals surface area contributed by atoms with Crippen molar-refractivity contribution < 1.29 is 0 Å². The van der Waals surface area contributed by atoms with Crippen LogP contribution in [0.15, 0.2) is 48.8 Å². The Hall–Kier alpha value is -1.67. The molecule has 2 heteroatoms. The number of aryl methyl sites for hydroxylation is 1. The van der Waals surface area contributed by atoms with Gasteiger partial charge in [0.15, 0.2) is 0 Å². The zero-order valence-electron chi connectivity index (χ0n) is 9.48. The number of rotatable bonds is 4. The Bertz CT molecular complexity index is 437. The molecule has 0 bridgehead atoms. The number of hydrogen-bond acceptors (Lipinski definition) is 2. The minimum Gasteiger partial charge on any atom is -0.309 e. The molecule has 1 aromatic carbocycles. The van der Waals surface area contributed by atoms with Crippen LogP contribution in [-0.2, 0) is 13.1 Å². The maximum atomic E-state index is 4.09. The highest BCUT2D eigenvalue weighted by Gasteiger charge is 1.96. The first kappa shape index (κ1) is 10.8. The van der Waals surface area contributed by atoms with E-state index < -0.39 is 0 Å². The van der Waals surface area contributed by atoms with Crippen LogP contribution in [-0.4, -0.2) is 4.98 Å². The molecule has 1 N–H and O–H groups in total. The van der Waals surface area contributed by atoms with Gasteiger partial charge in [-0.25, -0.2) is 0 Å². The first-order valence-electron chi connectivity index (χ1n) is 5.50. The summed E-state index contributed by atoms with van der Waals surface area (Å²) in [4.78, 5) is 4.09. The molecule has 0 amide bonds. The molecule has 0 aliphatic rings. The molecule has 2 nitrogen and oxygen atoms in total. The maximum Gasteiger partial charge on any atom is 0.0312 e. The minimum atomic E-state index is 0.863. The normalized spacial score (nSPS) is 10.3. The van der Waals surface area contributed by atoms with E-state index in [9.17, 15) is 0 Å². The van der Waals surface area contributed by atoms with Crippen molar-refractivity contribution in [1.29, 1.82) is 0 Å². The summed E-state index contributed by atoms with van der Waals surface area (Å²) < 4.78 is 0. The van der Waals surface area contributed by atoms with Crippen LogP contribution in [0.5, 0.6) is 0 Å². The number of nitrogens with one attached hydrogen (secondary N) is 1. The van der Waals surface area contributed by atoms with Crippen LogP contribution in [0, 0.1) is 6.92 Å². The number of benzene rings is 1. The van der Waals surface area contributed by atoms with Crippen LogP contribution in [0.3, 0.4) is 0 Å². The van der Waals surface area contributed by atoms with Gasteiger partial charge >= 0.3 is 0 Å². The Kier molecular flexibility index (Phi) is 3.67. The Balaban J connectivity index is 1.87. The van der Waals surface area contributed by atoms with Crippen molar-refractivity contribution in [3.63, 3.8) is 0 Å². The summed E-state index contributed by atoms with van der Waals surface area (Å²) in [5, 5.41) is 3.42. The summed E-state index contributed by atoms with van der Waals surface area (Å²) in [6.07, 6.45) is 3.69. The molecule has 0 atom stereocenters. The van der Waals surface area contributed by atoms with Crippen molar-refractivity contribution in [3.05, 3.63) is 65.5 Å². The molecule has 82 valence electrons. The van der Waals surface area contributed by atoms with Crippen LogP contribution in [0.1, 0.15) is 16.7 Å². The average molecular weight is 212 g/mol. The number of hydrogen-bond donors (Lipinski definition) is 1. The summed E-state index contributed by atoms with van der Waals surface area (Å²) in [6, 6.07) is 12.5. The van der Waals surface area contributed by atoms with Crippen molar-refractivity contribution in [2.45, 2.75) is 20.0 Å². The van der Waals surface area contributed by atoms with Gasteiger partial charge in [-0.05, 0) is 29.7 Å². The van der Waals surface area contributed by atoms with Crippen molar-refractivity contribution in [3.8, 4) is 0 Å². The zero-order valence-corrected chi connectivity index (χ0v) is 9.48. The number of pyridine rings is 1. The molecule has 2 aromatic rings. The highest BCUT2D eigenvalue weighted by atomic mass is 14.8.